The molecule has 0 nitrogen and oxygen atoms in total. The van der Waals surface area contributed by atoms with Gasteiger partial charge in [0, 0.05) is 0 Å². The standard InChI is InChI=1S/C6H5.C3H5.BrH.Mg/c1-2-4-6-5-3-1;1-3-2;;/h1-5H;1H2,2H3;1H;/q2*-1;;+2. The summed E-state index contributed by atoms with van der Waals surface area (Å²) in [5.41, 5.74) is 0. The summed E-state index contributed by atoms with van der Waals surface area (Å²) in [7, 11) is 0. The van der Waals surface area contributed by atoms with Gasteiger partial charge in [0.05, 0.1) is 0 Å². The van der Waals surface area contributed by atoms with Crippen molar-refractivity contribution < 1.29 is 0 Å². The first-order valence-electron chi connectivity index (χ1n) is 2.76. The van der Waals surface area contributed by atoms with E-state index in [9.17, 15) is 0 Å². The normalized spacial score (nSPS) is 5.55. The molecule has 0 atom stereocenters. The van der Waals surface area contributed by atoms with E-state index in [0.717, 1.165) is 0 Å². The fraction of sp³-hybridized carbons (Fsp3) is 0.111. The largest absolute Gasteiger partial charge is 2.00 e. The second-order valence-electron chi connectivity index (χ2n) is 1.43. The Morgan fingerprint density at radius 3 is 1.64 bits per heavy atom. The van der Waals surface area contributed by atoms with Gasteiger partial charge in [-0.05, 0) is 0 Å². The van der Waals surface area contributed by atoms with Gasteiger partial charge >= 0.3 is 23.1 Å². The molecule has 1 aromatic carbocycles. The Morgan fingerprint density at radius 1 is 1.18 bits per heavy atom. The van der Waals surface area contributed by atoms with Crippen LogP contribution in [0.1, 0.15) is 6.92 Å². The van der Waals surface area contributed by atoms with Gasteiger partial charge in [-0.2, -0.15) is 43.3 Å². The number of hydrogen-bond donors (Lipinski definition) is 0. The molecule has 0 heterocycles. The molecule has 0 amide bonds. The number of rotatable bonds is 0. The summed E-state index contributed by atoms with van der Waals surface area (Å²) in [6.45, 7) is 5.00. The van der Waals surface area contributed by atoms with Crippen molar-refractivity contribution in [2.75, 3.05) is 0 Å². The Hall–Kier alpha value is 0.206. The zero-order valence-corrected chi connectivity index (χ0v) is 9.84. The molecule has 0 radical (unpaired) electrons. The minimum absolute atomic E-state index is 0. The summed E-state index contributed by atoms with van der Waals surface area (Å²) < 4.78 is 0. The summed E-state index contributed by atoms with van der Waals surface area (Å²) >= 11 is 0. The summed E-state index contributed by atoms with van der Waals surface area (Å²) in [5.74, 6) is 0. The Balaban J connectivity index is -0.000000116. The first-order chi connectivity index (χ1) is 4.41. The van der Waals surface area contributed by atoms with Crippen molar-refractivity contribution in [2.45, 2.75) is 6.92 Å². The maximum absolute atomic E-state index is 3.24. The molecule has 11 heavy (non-hydrogen) atoms. The van der Waals surface area contributed by atoms with E-state index in [1.165, 1.54) is 0 Å². The average Bonchev–Trinajstić information content (AvgIpc) is 1.93. The molecule has 0 bridgehead atoms. The third-order valence-corrected chi connectivity index (χ3v) is 0.607. The Kier molecular flexibility index (Phi) is 26.2. The topological polar surface area (TPSA) is 0 Å². The fourth-order valence-electron chi connectivity index (χ4n) is 0.342. The van der Waals surface area contributed by atoms with Crippen LogP contribution >= 0.6 is 17.0 Å². The van der Waals surface area contributed by atoms with Crippen molar-refractivity contribution in [1.82, 2.24) is 0 Å². The zero-order valence-electron chi connectivity index (χ0n) is 6.71. The Morgan fingerprint density at radius 2 is 1.55 bits per heavy atom. The zero-order chi connectivity index (χ0) is 6.95. The summed E-state index contributed by atoms with van der Waals surface area (Å²) in [6, 6.07) is 12.5. The number of halogens is 1. The molecule has 2 heteroatoms. The van der Waals surface area contributed by atoms with Crippen molar-refractivity contribution in [2.24, 2.45) is 0 Å². The van der Waals surface area contributed by atoms with Crippen LogP contribution in [-0.2, 0) is 0 Å². The average molecular weight is 223 g/mol. The number of hydrogen-bond acceptors (Lipinski definition) is 0. The van der Waals surface area contributed by atoms with Gasteiger partial charge in [0.2, 0.25) is 0 Å². The minimum Gasteiger partial charge on any atom is -0.507 e. The van der Waals surface area contributed by atoms with Crippen molar-refractivity contribution in [3.05, 3.63) is 49.1 Å². The number of benzene rings is 1. The van der Waals surface area contributed by atoms with Gasteiger partial charge in [-0.1, -0.05) is 0 Å². The Labute approximate surface area is 95.6 Å². The second-order valence-corrected chi connectivity index (χ2v) is 1.43. The summed E-state index contributed by atoms with van der Waals surface area (Å²) in [6.07, 6.45) is 2.50. The molecule has 0 aliphatic carbocycles. The maximum Gasteiger partial charge on any atom is 2.00 e. The van der Waals surface area contributed by atoms with E-state index in [2.05, 4.69) is 18.7 Å². The molecule has 56 valence electrons. The second kappa shape index (κ2) is 16.7. The van der Waals surface area contributed by atoms with Gasteiger partial charge < -0.3 is 6.08 Å². The van der Waals surface area contributed by atoms with Crippen LogP contribution in [0, 0.1) is 12.1 Å². The van der Waals surface area contributed by atoms with Crippen molar-refractivity contribution in [1.29, 1.82) is 0 Å². The molecule has 0 aromatic heterocycles. The first kappa shape index (κ1) is 17.3. The van der Waals surface area contributed by atoms with Gasteiger partial charge in [-0.3, -0.25) is 6.58 Å². The molecule has 0 saturated heterocycles. The van der Waals surface area contributed by atoms with E-state index in [1.54, 1.807) is 6.92 Å². The molecule has 0 aliphatic heterocycles. The van der Waals surface area contributed by atoms with Gasteiger partial charge in [0.1, 0.15) is 0 Å². The quantitative estimate of drug-likeness (QED) is 0.468. The summed E-state index contributed by atoms with van der Waals surface area (Å²) in [5, 5.41) is 0. The van der Waals surface area contributed by atoms with E-state index in [1.807, 2.05) is 30.3 Å². The molecule has 0 N–H and O–H groups in total. The van der Waals surface area contributed by atoms with E-state index in [0.29, 0.717) is 0 Å². The van der Waals surface area contributed by atoms with Crippen LogP contribution in [0.5, 0.6) is 0 Å². The summed E-state index contributed by atoms with van der Waals surface area (Å²) in [4.78, 5) is 0. The van der Waals surface area contributed by atoms with Crippen LogP contribution in [0.3, 0.4) is 0 Å². The number of allylic oxidation sites excluding steroid dienone is 1. The molecule has 1 aromatic rings. The van der Waals surface area contributed by atoms with Crippen molar-refractivity contribution >= 4 is 40.0 Å². The van der Waals surface area contributed by atoms with E-state index in [-0.39, 0.29) is 40.0 Å². The van der Waals surface area contributed by atoms with Gasteiger partial charge in [0.25, 0.3) is 0 Å². The molecular weight excluding hydrogens is 212 g/mol. The Bertz CT molecular complexity index is 113. The van der Waals surface area contributed by atoms with E-state index < -0.39 is 0 Å². The maximum atomic E-state index is 3.24. The van der Waals surface area contributed by atoms with Crippen LogP contribution in [-0.4, -0.2) is 23.1 Å². The van der Waals surface area contributed by atoms with Gasteiger partial charge in [0.15, 0.2) is 0 Å². The van der Waals surface area contributed by atoms with Gasteiger partial charge in [-0.25, -0.2) is 0 Å². The molecule has 0 spiro atoms. The fourth-order valence-corrected chi connectivity index (χ4v) is 0.342. The predicted octanol–water partition coefficient (Wildman–Crippen LogP) is 2.68. The monoisotopic (exact) mass is 222 g/mol. The minimum atomic E-state index is 0. The third kappa shape index (κ3) is 17.8. The van der Waals surface area contributed by atoms with Crippen LogP contribution in [0.2, 0.25) is 0 Å². The van der Waals surface area contributed by atoms with E-state index in [4.69, 9.17) is 0 Å². The van der Waals surface area contributed by atoms with Crippen molar-refractivity contribution in [3.63, 3.8) is 0 Å². The van der Waals surface area contributed by atoms with Crippen LogP contribution < -0.4 is 0 Å². The molecule has 0 saturated carbocycles. The molecule has 0 fully saturated rings. The molecule has 0 aliphatic rings. The van der Waals surface area contributed by atoms with E-state index >= 15 is 0 Å². The van der Waals surface area contributed by atoms with Crippen LogP contribution in [0.4, 0.5) is 0 Å². The molecular formula is C9H11BrMg. The first-order valence-corrected chi connectivity index (χ1v) is 2.76. The van der Waals surface area contributed by atoms with Crippen molar-refractivity contribution in [3.8, 4) is 0 Å². The smallest absolute Gasteiger partial charge is 0.507 e. The van der Waals surface area contributed by atoms with Crippen LogP contribution in [0.15, 0.2) is 36.9 Å². The third-order valence-electron chi connectivity index (χ3n) is 0.607. The molecule has 0 unspecified atom stereocenters. The van der Waals surface area contributed by atoms with Crippen LogP contribution in [0.25, 0.3) is 0 Å². The predicted molar refractivity (Wildman–Crippen MR) is 55.9 cm³/mol. The van der Waals surface area contributed by atoms with Gasteiger partial charge in [-0.15, -0.1) is 17.0 Å². The SMILES string of the molecule is Br.C=[C-]C.[Mg+2].[c-]1ccccc1. The molecule has 1 rings (SSSR count).